The fourth-order valence-corrected chi connectivity index (χ4v) is 4.69. The zero-order valence-corrected chi connectivity index (χ0v) is 16.4. The molecule has 2 aliphatic heterocycles. The first-order valence-corrected chi connectivity index (χ1v) is 10.5. The van der Waals surface area contributed by atoms with Crippen molar-refractivity contribution in [2.45, 2.75) is 51.1 Å². The molecule has 1 atom stereocenters. The van der Waals surface area contributed by atoms with E-state index in [1.807, 2.05) is 13.0 Å². The number of ether oxygens (including phenoxy) is 1. The maximum Gasteiger partial charge on any atom is 0.412 e. The van der Waals surface area contributed by atoms with Crippen molar-refractivity contribution in [3.8, 4) is 0 Å². The molecule has 1 saturated carbocycles. The van der Waals surface area contributed by atoms with Crippen LogP contribution in [0.25, 0.3) is 11.0 Å². The molecule has 1 aromatic heterocycles. The number of morpholine rings is 1. The average molecular weight is 384 g/mol. The minimum atomic E-state index is -0.873. The molecule has 1 amide bonds. The zero-order valence-electron chi connectivity index (χ0n) is 16.4. The fraction of sp³-hybridized carbons (Fsp3) is 0.619. The van der Waals surface area contributed by atoms with Gasteiger partial charge in [-0.15, -0.1) is 0 Å². The van der Waals surface area contributed by atoms with Gasteiger partial charge in [-0.05, 0) is 44.7 Å². The first-order valence-electron chi connectivity index (χ1n) is 10.5. The molecule has 0 unspecified atom stereocenters. The fourth-order valence-electron chi connectivity index (χ4n) is 4.69. The predicted molar refractivity (Wildman–Crippen MR) is 107 cm³/mol. The predicted octanol–water partition coefficient (Wildman–Crippen LogP) is 3.07. The Morgan fingerprint density at radius 3 is 2.71 bits per heavy atom. The van der Waals surface area contributed by atoms with E-state index in [1.165, 1.54) is 23.6 Å². The van der Waals surface area contributed by atoms with Gasteiger partial charge < -0.3 is 14.4 Å². The molecule has 7 nitrogen and oxygen atoms in total. The van der Waals surface area contributed by atoms with Crippen molar-refractivity contribution in [1.29, 1.82) is 0 Å². The number of aromatic nitrogens is 2. The number of carbonyl (C=O) groups is 1. The van der Waals surface area contributed by atoms with Gasteiger partial charge in [0.15, 0.2) is 0 Å². The average Bonchev–Trinajstić information content (AvgIpc) is 3.47. The van der Waals surface area contributed by atoms with Crippen LogP contribution in [0.2, 0.25) is 0 Å². The molecular formula is C21H28N4O3. The second-order valence-electron chi connectivity index (χ2n) is 8.32. The Labute approximate surface area is 164 Å². The van der Waals surface area contributed by atoms with E-state index < -0.39 is 6.09 Å². The number of amides is 1. The second-order valence-corrected chi connectivity index (χ2v) is 8.32. The molecule has 1 aromatic carbocycles. The van der Waals surface area contributed by atoms with E-state index in [1.54, 1.807) is 0 Å². The number of nitrogens with zero attached hydrogens (tertiary/aromatic N) is 4. The van der Waals surface area contributed by atoms with E-state index in [4.69, 9.17) is 9.72 Å². The summed E-state index contributed by atoms with van der Waals surface area (Å²) in [5.41, 5.74) is 4.09. The van der Waals surface area contributed by atoms with Gasteiger partial charge in [0.2, 0.25) is 0 Å². The Bertz CT molecular complexity index is 899. The van der Waals surface area contributed by atoms with Gasteiger partial charge in [-0.3, -0.25) is 9.80 Å². The Hall–Kier alpha value is -2.12. The maximum atomic E-state index is 11.8. The Kier molecular flexibility index (Phi) is 4.51. The first-order chi connectivity index (χ1) is 13.6. The molecule has 3 heterocycles. The van der Waals surface area contributed by atoms with Crippen LogP contribution < -0.4 is 4.90 Å². The number of carboxylic acid groups (broad SMARTS) is 1. The molecule has 1 N–H and O–H groups in total. The number of rotatable bonds is 4. The Balaban J connectivity index is 1.53. The van der Waals surface area contributed by atoms with Gasteiger partial charge in [-0.2, -0.15) is 0 Å². The van der Waals surface area contributed by atoms with E-state index >= 15 is 0 Å². The summed E-state index contributed by atoms with van der Waals surface area (Å²) in [4.78, 5) is 20.9. The van der Waals surface area contributed by atoms with Crippen molar-refractivity contribution in [3.05, 3.63) is 23.5 Å². The normalized spacial score (nSPS) is 23.2. The number of benzene rings is 1. The minimum absolute atomic E-state index is 0.00811. The number of hydrogen-bond acceptors (Lipinski definition) is 4. The number of aryl methyl sites for hydroxylation is 1. The standard InChI is InChI=1S/C21H28N4O3/c1-14-2-5-16-17(25(14)21(26)27)6-7-18-19(16)22-20(15-3-4-15)24(18)9-8-23-10-12-28-13-11-23/h6-7,14-15H,2-5,8-13H2,1H3,(H,26,27)/t14-/m0/s1. The van der Waals surface area contributed by atoms with Crippen LogP contribution in [-0.4, -0.2) is 64.5 Å². The number of hydrogen-bond donors (Lipinski definition) is 1. The number of anilines is 1. The summed E-state index contributed by atoms with van der Waals surface area (Å²) < 4.78 is 7.86. The summed E-state index contributed by atoms with van der Waals surface area (Å²) >= 11 is 0. The highest BCUT2D eigenvalue weighted by molar-refractivity contribution is 5.94. The minimum Gasteiger partial charge on any atom is -0.465 e. The quantitative estimate of drug-likeness (QED) is 0.877. The maximum absolute atomic E-state index is 11.8. The lowest BCUT2D eigenvalue weighted by Crippen LogP contribution is -2.41. The van der Waals surface area contributed by atoms with Crippen molar-refractivity contribution >= 4 is 22.8 Å². The van der Waals surface area contributed by atoms with Gasteiger partial charge in [0.1, 0.15) is 5.82 Å². The van der Waals surface area contributed by atoms with Crippen molar-refractivity contribution in [2.75, 3.05) is 37.7 Å². The molecule has 28 heavy (non-hydrogen) atoms. The smallest absolute Gasteiger partial charge is 0.412 e. The van der Waals surface area contributed by atoms with Crippen LogP contribution in [-0.2, 0) is 17.7 Å². The lowest BCUT2D eigenvalue weighted by atomic mass is 9.96. The SMILES string of the molecule is C[C@H]1CCc2c(ccc3c2nc(C2CC2)n3CCN2CCOCC2)N1C(=O)O. The van der Waals surface area contributed by atoms with Gasteiger partial charge in [0.25, 0.3) is 0 Å². The molecule has 3 aliphatic rings. The summed E-state index contributed by atoms with van der Waals surface area (Å²) in [7, 11) is 0. The topological polar surface area (TPSA) is 70.8 Å². The highest BCUT2D eigenvalue weighted by atomic mass is 16.5. The number of imidazole rings is 1. The third-order valence-electron chi connectivity index (χ3n) is 6.43. The van der Waals surface area contributed by atoms with Gasteiger partial charge in [-0.1, -0.05) is 0 Å². The summed E-state index contributed by atoms with van der Waals surface area (Å²) in [6, 6.07) is 4.08. The summed E-state index contributed by atoms with van der Waals surface area (Å²) in [5, 5.41) is 9.70. The van der Waals surface area contributed by atoms with Crippen LogP contribution in [0.1, 0.15) is 43.5 Å². The van der Waals surface area contributed by atoms with Crippen LogP contribution in [0.4, 0.5) is 10.5 Å². The van der Waals surface area contributed by atoms with Crippen LogP contribution in [0.3, 0.4) is 0 Å². The van der Waals surface area contributed by atoms with E-state index in [-0.39, 0.29) is 6.04 Å². The molecule has 0 radical (unpaired) electrons. The zero-order chi connectivity index (χ0) is 19.3. The molecule has 5 rings (SSSR count). The van der Waals surface area contributed by atoms with Gasteiger partial charge >= 0.3 is 6.09 Å². The molecule has 7 heteroatoms. The molecule has 2 fully saturated rings. The molecule has 150 valence electrons. The van der Waals surface area contributed by atoms with Crippen molar-refractivity contribution in [3.63, 3.8) is 0 Å². The summed E-state index contributed by atoms with van der Waals surface area (Å²) in [6.45, 7) is 7.54. The van der Waals surface area contributed by atoms with Crippen LogP contribution in [0.5, 0.6) is 0 Å². The lowest BCUT2D eigenvalue weighted by Gasteiger charge is -2.33. The van der Waals surface area contributed by atoms with Crippen molar-refractivity contribution in [1.82, 2.24) is 14.5 Å². The van der Waals surface area contributed by atoms with Gasteiger partial charge in [0.05, 0.1) is 29.9 Å². The summed E-state index contributed by atoms with van der Waals surface area (Å²) in [6.07, 6.45) is 3.28. The van der Waals surface area contributed by atoms with E-state index in [2.05, 4.69) is 15.5 Å². The Morgan fingerprint density at radius 2 is 2.00 bits per heavy atom. The molecule has 2 aromatic rings. The monoisotopic (exact) mass is 384 g/mol. The lowest BCUT2D eigenvalue weighted by molar-refractivity contribution is 0.0364. The largest absolute Gasteiger partial charge is 0.465 e. The molecule has 1 aliphatic carbocycles. The molecular weight excluding hydrogens is 356 g/mol. The Morgan fingerprint density at radius 1 is 1.21 bits per heavy atom. The van der Waals surface area contributed by atoms with E-state index in [0.29, 0.717) is 5.92 Å². The molecule has 0 spiro atoms. The van der Waals surface area contributed by atoms with E-state index in [0.717, 1.165) is 74.5 Å². The third kappa shape index (κ3) is 3.06. The highest BCUT2D eigenvalue weighted by Crippen LogP contribution is 2.43. The molecule has 0 bridgehead atoms. The van der Waals surface area contributed by atoms with Crippen molar-refractivity contribution < 1.29 is 14.6 Å². The van der Waals surface area contributed by atoms with Gasteiger partial charge in [-0.25, -0.2) is 9.78 Å². The first kappa shape index (κ1) is 17.9. The molecule has 1 saturated heterocycles. The highest BCUT2D eigenvalue weighted by Gasteiger charge is 2.33. The van der Waals surface area contributed by atoms with Gasteiger partial charge in [0, 0.05) is 43.7 Å². The number of fused-ring (bicyclic) bond motifs is 3. The second kappa shape index (κ2) is 7.04. The van der Waals surface area contributed by atoms with Crippen LogP contribution in [0, 0.1) is 0 Å². The van der Waals surface area contributed by atoms with E-state index in [9.17, 15) is 9.90 Å². The van der Waals surface area contributed by atoms with Crippen LogP contribution >= 0.6 is 0 Å². The third-order valence-corrected chi connectivity index (χ3v) is 6.43. The van der Waals surface area contributed by atoms with Crippen LogP contribution in [0.15, 0.2) is 12.1 Å². The van der Waals surface area contributed by atoms with Crippen molar-refractivity contribution in [2.24, 2.45) is 0 Å². The summed E-state index contributed by atoms with van der Waals surface area (Å²) in [5.74, 6) is 1.75.